The third-order valence-corrected chi connectivity index (χ3v) is 2.19. The average molecular weight is 197 g/mol. The van der Waals surface area contributed by atoms with Gasteiger partial charge >= 0.3 is 0 Å². The number of ether oxygens (including phenoxy) is 1. The van der Waals surface area contributed by atoms with Crippen molar-refractivity contribution in [1.82, 2.24) is 4.98 Å². The summed E-state index contributed by atoms with van der Waals surface area (Å²) in [5, 5.41) is 3.09. The molecule has 0 amide bonds. The molecule has 1 aromatic rings. The SMILES string of the molecule is NC1COCC1Nc1ccc(F)cn1. The first kappa shape index (κ1) is 9.36. The molecule has 1 saturated heterocycles. The molecule has 2 atom stereocenters. The van der Waals surface area contributed by atoms with Crippen LogP contribution in [0.15, 0.2) is 18.3 Å². The molecule has 2 rings (SSSR count). The lowest BCUT2D eigenvalue weighted by Crippen LogP contribution is -2.38. The Labute approximate surface area is 81.3 Å². The van der Waals surface area contributed by atoms with E-state index in [-0.39, 0.29) is 17.9 Å². The van der Waals surface area contributed by atoms with E-state index in [9.17, 15) is 4.39 Å². The summed E-state index contributed by atoms with van der Waals surface area (Å²) in [7, 11) is 0. The van der Waals surface area contributed by atoms with Crippen molar-refractivity contribution in [1.29, 1.82) is 0 Å². The van der Waals surface area contributed by atoms with E-state index in [1.54, 1.807) is 6.07 Å². The van der Waals surface area contributed by atoms with Crippen molar-refractivity contribution < 1.29 is 9.13 Å². The first-order valence-electron chi connectivity index (χ1n) is 4.47. The summed E-state index contributed by atoms with van der Waals surface area (Å²) in [6.07, 6.45) is 1.17. The molecule has 0 spiro atoms. The van der Waals surface area contributed by atoms with Gasteiger partial charge in [0, 0.05) is 0 Å². The Hall–Kier alpha value is -1.20. The molecule has 14 heavy (non-hydrogen) atoms. The first-order chi connectivity index (χ1) is 6.75. The lowest BCUT2D eigenvalue weighted by atomic mass is 10.2. The highest BCUT2D eigenvalue weighted by molar-refractivity contribution is 5.35. The molecule has 0 saturated carbocycles. The van der Waals surface area contributed by atoms with Gasteiger partial charge in [0.1, 0.15) is 11.6 Å². The van der Waals surface area contributed by atoms with E-state index in [2.05, 4.69) is 10.3 Å². The summed E-state index contributed by atoms with van der Waals surface area (Å²) in [5.41, 5.74) is 5.77. The van der Waals surface area contributed by atoms with Gasteiger partial charge in [-0.25, -0.2) is 9.37 Å². The molecule has 1 aliphatic rings. The normalized spacial score (nSPS) is 26.4. The molecule has 2 unspecified atom stereocenters. The zero-order valence-corrected chi connectivity index (χ0v) is 7.61. The van der Waals surface area contributed by atoms with Crippen LogP contribution >= 0.6 is 0 Å². The van der Waals surface area contributed by atoms with Crippen LogP contribution in [-0.4, -0.2) is 30.3 Å². The number of halogens is 1. The molecule has 3 N–H and O–H groups in total. The third-order valence-electron chi connectivity index (χ3n) is 2.19. The van der Waals surface area contributed by atoms with Crippen LogP contribution in [0.2, 0.25) is 0 Å². The van der Waals surface area contributed by atoms with Gasteiger partial charge in [0.05, 0.1) is 31.5 Å². The summed E-state index contributed by atoms with van der Waals surface area (Å²) in [6, 6.07) is 2.98. The lowest BCUT2D eigenvalue weighted by molar-refractivity contribution is 0.192. The summed E-state index contributed by atoms with van der Waals surface area (Å²) < 4.78 is 17.7. The minimum absolute atomic E-state index is 0.0261. The summed E-state index contributed by atoms with van der Waals surface area (Å²) >= 11 is 0. The van der Waals surface area contributed by atoms with Gasteiger partial charge in [0.2, 0.25) is 0 Å². The number of nitrogens with two attached hydrogens (primary N) is 1. The van der Waals surface area contributed by atoms with Gasteiger partial charge in [-0.3, -0.25) is 0 Å². The lowest BCUT2D eigenvalue weighted by Gasteiger charge is -2.15. The number of rotatable bonds is 2. The van der Waals surface area contributed by atoms with Crippen LogP contribution in [-0.2, 0) is 4.74 Å². The summed E-state index contributed by atoms with van der Waals surface area (Å²) in [5.74, 6) is 0.278. The van der Waals surface area contributed by atoms with Crippen molar-refractivity contribution in [3.05, 3.63) is 24.1 Å². The molecule has 1 aliphatic heterocycles. The zero-order chi connectivity index (χ0) is 9.97. The number of hydrogen-bond donors (Lipinski definition) is 2. The van der Waals surface area contributed by atoms with Crippen LogP contribution in [0.4, 0.5) is 10.2 Å². The summed E-state index contributed by atoms with van der Waals surface area (Å²) in [6.45, 7) is 1.12. The van der Waals surface area contributed by atoms with Crippen molar-refractivity contribution in [2.24, 2.45) is 5.73 Å². The van der Waals surface area contributed by atoms with Crippen molar-refractivity contribution in [2.45, 2.75) is 12.1 Å². The molecule has 4 nitrogen and oxygen atoms in total. The molecule has 1 aromatic heterocycles. The second kappa shape index (κ2) is 3.89. The van der Waals surface area contributed by atoms with E-state index in [1.807, 2.05) is 0 Å². The van der Waals surface area contributed by atoms with E-state index in [1.165, 1.54) is 12.3 Å². The van der Waals surface area contributed by atoms with Crippen LogP contribution in [0.1, 0.15) is 0 Å². The molecular formula is C9H12FN3O. The molecule has 0 aromatic carbocycles. The van der Waals surface area contributed by atoms with Crippen molar-refractivity contribution in [3.63, 3.8) is 0 Å². The van der Waals surface area contributed by atoms with Gasteiger partial charge in [-0.2, -0.15) is 0 Å². The first-order valence-corrected chi connectivity index (χ1v) is 4.47. The maximum atomic E-state index is 12.5. The number of anilines is 1. The van der Waals surface area contributed by atoms with E-state index >= 15 is 0 Å². The predicted octanol–water partition coefficient (Wildman–Crippen LogP) is 0.359. The van der Waals surface area contributed by atoms with E-state index < -0.39 is 0 Å². The highest BCUT2D eigenvalue weighted by Crippen LogP contribution is 2.10. The second-order valence-electron chi connectivity index (χ2n) is 3.31. The number of nitrogens with one attached hydrogen (secondary N) is 1. The monoisotopic (exact) mass is 197 g/mol. The number of aromatic nitrogens is 1. The van der Waals surface area contributed by atoms with Gasteiger partial charge in [0.25, 0.3) is 0 Å². The Kier molecular flexibility index (Phi) is 2.60. The largest absolute Gasteiger partial charge is 0.378 e. The zero-order valence-electron chi connectivity index (χ0n) is 7.61. The van der Waals surface area contributed by atoms with Crippen LogP contribution in [0.3, 0.4) is 0 Å². The maximum Gasteiger partial charge on any atom is 0.141 e. The number of hydrogen-bond acceptors (Lipinski definition) is 4. The Morgan fingerprint density at radius 2 is 2.36 bits per heavy atom. The molecule has 1 fully saturated rings. The molecule has 76 valence electrons. The maximum absolute atomic E-state index is 12.5. The smallest absolute Gasteiger partial charge is 0.141 e. The predicted molar refractivity (Wildman–Crippen MR) is 50.4 cm³/mol. The molecule has 5 heteroatoms. The van der Waals surface area contributed by atoms with Crippen LogP contribution < -0.4 is 11.1 Å². The van der Waals surface area contributed by atoms with Gasteiger partial charge < -0.3 is 15.8 Å². The Balaban J connectivity index is 2.00. The van der Waals surface area contributed by atoms with Crippen LogP contribution in [0.5, 0.6) is 0 Å². The van der Waals surface area contributed by atoms with Gasteiger partial charge in [-0.05, 0) is 12.1 Å². The topological polar surface area (TPSA) is 60.2 Å². The highest BCUT2D eigenvalue weighted by atomic mass is 19.1. The standard InChI is InChI=1S/C9H12FN3O/c10-6-1-2-9(12-3-6)13-8-5-14-4-7(8)11/h1-3,7-8H,4-5,11H2,(H,12,13). The molecular weight excluding hydrogens is 185 g/mol. The highest BCUT2D eigenvalue weighted by Gasteiger charge is 2.24. The minimum atomic E-state index is -0.345. The fourth-order valence-electron chi connectivity index (χ4n) is 1.37. The fourth-order valence-corrected chi connectivity index (χ4v) is 1.37. The van der Waals surface area contributed by atoms with Crippen molar-refractivity contribution in [3.8, 4) is 0 Å². The van der Waals surface area contributed by atoms with Gasteiger partial charge in [-0.15, -0.1) is 0 Å². The van der Waals surface area contributed by atoms with Crippen molar-refractivity contribution >= 4 is 5.82 Å². The van der Waals surface area contributed by atoms with E-state index in [0.717, 1.165) is 0 Å². The van der Waals surface area contributed by atoms with E-state index in [4.69, 9.17) is 10.5 Å². The van der Waals surface area contributed by atoms with E-state index in [0.29, 0.717) is 19.0 Å². The Bertz CT molecular complexity index is 303. The third kappa shape index (κ3) is 2.00. The van der Waals surface area contributed by atoms with Gasteiger partial charge in [-0.1, -0.05) is 0 Å². The molecule has 0 bridgehead atoms. The quantitative estimate of drug-likeness (QED) is 0.718. The van der Waals surface area contributed by atoms with Crippen LogP contribution in [0, 0.1) is 5.82 Å². The van der Waals surface area contributed by atoms with Crippen molar-refractivity contribution in [2.75, 3.05) is 18.5 Å². The fraction of sp³-hybridized carbons (Fsp3) is 0.444. The minimum Gasteiger partial charge on any atom is -0.378 e. The van der Waals surface area contributed by atoms with Crippen LogP contribution in [0.25, 0.3) is 0 Å². The molecule has 0 radical (unpaired) electrons. The average Bonchev–Trinajstić information content (AvgIpc) is 2.56. The second-order valence-corrected chi connectivity index (χ2v) is 3.31. The molecule has 0 aliphatic carbocycles. The Morgan fingerprint density at radius 1 is 1.50 bits per heavy atom. The molecule has 2 heterocycles. The Morgan fingerprint density at radius 3 is 2.93 bits per heavy atom. The van der Waals surface area contributed by atoms with Gasteiger partial charge in [0.15, 0.2) is 0 Å². The summed E-state index contributed by atoms with van der Waals surface area (Å²) in [4.78, 5) is 3.88. The number of nitrogens with zero attached hydrogens (tertiary/aromatic N) is 1. The number of pyridine rings is 1.